The Morgan fingerprint density at radius 1 is 1.08 bits per heavy atom. The second-order valence-corrected chi connectivity index (χ2v) is 5.85. The molecule has 2 N–H and O–H groups in total. The van der Waals surface area contributed by atoms with E-state index >= 15 is 0 Å². The number of nitrogens with zero attached hydrogens (tertiary/aromatic N) is 3. The van der Waals surface area contributed by atoms with Gasteiger partial charge >= 0.3 is 0 Å². The molecule has 0 spiro atoms. The van der Waals surface area contributed by atoms with Crippen molar-refractivity contribution >= 4 is 17.4 Å². The van der Waals surface area contributed by atoms with Crippen molar-refractivity contribution in [2.24, 2.45) is 0 Å². The lowest BCUT2D eigenvalue weighted by molar-refractivity contribution is 0.0992. The normalized spacial score (nSPS) is 10.6. The van der Waals surface area contributed by atoms with Crippen LogP contribution in [0.15, 0.2) is 54.6 Å². The van der Waals surface area contributed by atoms with Crippen LogP contribution in [0.5, 0.6) is 0 Å². The summed E-state index contributed by atoms with van der Waals surface area (Å²) in [4.78, 5) is 14.5. The maximum Gasteiger partial charge on any atom is 0.261 e. The molecule has 1 amide bonds. The Bertz CT molecular complexity index is 884. The second-order valence-electron chi connectivity index (χ2n) is 5.85. The van der Waals surface area contributed by atoms with E-state index in [0.29, 0.717) is 17.1 Å². The lowest BCUT2D eigenvalue weighted by atomic mass is 10.1. The zero-order valence-electron chi connectivity index (χ0n) is 14.0. The van der Waals surface area contributed by atoms with Crippen molar-refractivity contribution in [1.29, 1.82) is 0 Å². The average Bonchev–Trinajstić information content (AvgIpc) is 2.98. The van der Waals surface area contributed by atoms with Gasteiger partial charge in [-0.3, -0.25) is 9.69 Å². The highest BCUT2D eigenvalue weighted by Gasteiger charge is 2.20. The molecular weight excluding hydrogens is 300 g/mol. The smallest absolute Gasteiger partial charge is 0.261 e. The minimum absolute atomic E-state index is 0.159. The van der Waals surface area contributed by atoms with Gasteiger partial charge < -0.3 is 5.73 Å². The van der Waals surface area contributed by atoms with Crippen LogP contribution in [0, 0.1) is 13.8 Å². The molecule has 0 aliphatic carbocycles. The Kier molecular flexibility index (Phi) is 4.08. The standard InChI is InChI=1S/C19H20N4O/c1-13-9-10-17(20)16(11-13)19(24)22(3)18-12-14(2)21-23(18)15-7-5-4-6-8-15/h4-12H,20H2,1-3H3. The molecule has 1 heterocycles. The van der Waals surface area contributed by atoms with E-state index in [-0.39, 0.29) is 5.91 Å². The zero-order chi connectivity index (χ0) is 17.3. The Hall–Kier alpha value is -3.08. The summed E-state index contributed by atoms with van der Waals surface area (Å²) in [5.41, 5.74) is 9.69. The molecule has 3 rings (SSSR count). The molecule has 0 unspecified atom stereocenters. The first-order chi connectivity index (χ1) is 11.5. The summed E-state index contributed by atoms with van der Waals surface area (Å²) in [6, 6.07) is 17.1. The van der Waals surface area contributed by atoms with Crippen molar-refractivity contribution in [2.75, 3.05) is 17.7 Å². The predicted molar refractivity (Wildman–Crippen MR) is 96.6 cm³/mol. The number of hydrogen-bond acceptors (Lipinski definition) is 3. The quantitative estimate of drug-likeness (QED) is 0.753. The van der Waals surface area contributed by atoms with Gasteiger partial charge in [0.15, 0.2) is 0 Å². The lowest BCUT2D eigenvalue weighted by Gasteiger charge is -2.19. The van der Waals surface area contributed by atoms with Crippen molar-refractivity contribution in [2.45, 2.75) is 13.8 Å². The summed E-state index contributed by atoms with van der Waals surface area (Å²) in [6.45, 7) is 3.84. The highest BCUT2D eigenvalue weighted by atomic mass is 16.2. The highest BCUT2D eigenvalue weighted by Crippen LogP contribution is 2.23. The SMILES string of the molecule is Cc1ccc(N)c(C(=O)N(C)c2cc(C)nn2-c2ccccc2)c1. The van der Waals surface area contributed by atoms with E-state index in [2.05, 4.69) is 5.10 Å². The van der Waals surface area contributed by atoms with Crippen LogP contribution in [0.3, 0.4) is 0 Å². The van der Waals surface area contributed by atoms with E-state index in [0.717, 1.165) is 16.9 Å². The number of benzene rings is 2. The summed E-state index contributed by atoms with van der Waals surface area (Å²) in [5.74, 6) is 0.540. The van der Waals surface area contributed by atoms with Crippen LogP contribution < -0.4 is 10.6 Å². The third-order valence-electron chi connectivity index (χ3n) is 3.90. The van der Waals surface area contributed by atoms with Crippen molar-refractivity contribution < 1.29 is 4.79 Å². The molecule has 0 atom stereocenters. The number of amides is 1. The fraction of sp³-hybridized carbons (Fsp3) is 0.158. The average molecular weight is 320 g/mol. The van der Waals surface area contributed by atoms with E-state index in [4.69, 9.17) is 5.73 Å². The summed E-state index contributed by atoms with van der Waals surface area (Å²) in [7, 11) is 1.74. The molecule has 0 bridgehead atoms. The van der Waals surface area contributed by atoms with E-state index in [9.17, 15) is 4.79 Å². The number of hydrogen-bond donors (Lipinski definition) is 1. The number of rotatable bonds is 3. The Morgan fingerprint density at radius 2 is 1.79 bits per heavy atom. The van der Waals surface area contributed by atoms with Gasteiger partial charge in [0.1, 0.15) is 5.82 Å². The number of anilines is 2. The number of nitrogen functional groups attached to an aromatic ring is 1. The molecule has 0 aliphatic heterocycles. The summed E-state index contributed by atoms with van der Waals surface area (Å²) < 4.78 is 1.76. The number of carbonyl (C=O) groups excluding carboxylic acids is 1. The predicted octanol–water partition coefficient (Wildman–Crippen LogP) is 3.35. The molecule has 3 aromatic rings. The van der Waals surface area contributed by atoms with Gasteiger partial charge in [-0.15, -0.1) is 0 Å². The third-order valence-corrected chi connectivity index (χ3v) is 3.90. The highest BCUT2D eigenvalue weighted by molar-refractivity contribution is 6.08. The molecule has 24 heavy (non-hydrogen) atoms. The summed E-state index contributed by atoms with van der Waals surface area (Å²) in [5, 5.41) is 4.51. The van der Waals surface area contributed by atoms with Crippen LogP contribution in [0.25, 0.3) is 5.69 Å². The monoisotopic (exact) mass is 320 g/mol. The first-order valence-corrected chi connectivity index (χ1v) is 7.73. The van der Waals surface area contributed by atoms with Crippen LogP contribution in [0.1, 0.15) is 21.6 Å². The minimum atomic E-state index is -0.159. The maximum atomic E-state index is 12.9. The van der Waals surface area contributed by atoms with Crippen molar-refractivity contribution in [3.8, 4) is 5.69 Å². The number of aryl methyl sites for hydroxylation is 2. The molecule has 0 aliphatic rings. The lowest BCUT2D eigenvalue weighted by Crippen LogP contribution is -2.29. The van der Waals surface area contributed by atoms with Gasteiger partial charge in [0.05, 0.1) is 16.9 Å². The van der Waals surface area contributed by atoms with Gasteiger partial charge in [-0.25, -0.2) is 4.68 Å². The molecule has 0 saturated heterocycles. The molecular formula is C19H20N4O. The topological polar surface area (TPSA) is 64.2 Å². The van der Waals surface area contributed by atoms with Gasteiger partial charge in [0.25, 0.3) is 5.91 Å². The van der Waals surface area contributed by atoms with Gasteiger partial charge in [-0.1, -0.05) is 29.8 Å². The molecule has 1 aromatic heterocycles. The summed E-state index contributed by atoms with van der Waals surface area (Å²) >= 11 is 0. The van der Waals surface area contributed by atoms with E-state index in [1.54, 1.807) is 22.7 Å². The maximum absolute atomic E-state index is 12.9. The zero-order valence-corrected chi connectivity index (χ0v) is 14.0. The molecule has 5 heteroatoms. The number of para-hydroxylation sites is 1. The van der Waals surface area contributed by atoms with Crippen LogP contribution in [-0.2, 0) is 0 Å². The first-order valence-electron chi connectivity index (χ1n) is 7.73. The largest absolute Gasteiger partial charge is 0.398 e. The molecule has 122 valence electrons. The minimum Gasteiger partial charge on any atom is -0.398 e. The van der Waals surface area contributed by atoms with Crippen molar-refractivity contribution in [3.05, 3.63) is 71.4 Å². The van der Waals surface area contributed by atoms with Crippen LogP contribution >= 0.6 is 0 Å². The Balaban J connectivity index is 2.03. The van der Waals surface area contributed by atoms with Crippen LogP contribution in [0.2, 0.25) is 0 Å². The van der Waals surface area contributed by atoms with Crippen molar-refractivity contribution in [3.63, 3.8) is 0 Å². The van der Waals surface area contributed by atoms with E-state index in [1.807, 2.05) is 62.4 Å². The first kappa shape index (κ1) is 15.8. The van der Waals surface area contributed by atoms with Crippen LogP contribution in [0.4, 0.5) is 11.5 Å². The summed E-state index contributed by atoms with van der Waals surface area (Å²) in [6.07, 6.45) is 0. The van der Waals surface area contributed by atoms with Gasteiger partial charge in [-0.2, -0.15) is 5.10 Å². The van der Waals surface area contributed by atoms with Gasteiger partial charge in [0, 0.05) is 18.8 Å². The third kappa shape index (κ3) is 2.88. The van der Waals surface area contributed by atoms with Gasteiger partial charge in [-0.05, 0) is 38.1 Å². The molecule has 0 saturated carbocycles. The number of carbonyl (C=O) groups is 1. The van der Waals surface area contributed by atoms with Gasteiger partial charge in [0.2, 0.25) is 0 Å². The van der Waals surface area contributed by atoms with E-state index < -0.39 is 0 Å². The van der Waals surface area contributed by atoms with E-state index in [1.165, 1.54) is 0 Å². The second kappa shape index (κ2) is 6.20. The molecule has 0 radical (unpaired) electrons. The number of nitrogens with two attached hydrogens (primary N) is 1. The molecule has 0 fully saturated rings. The Labute approximate surface area is 141 Å². The fourth-order valence-corrected chi connectivity index (χ4v) is 2.62. The number of aromatic nitrogens is 2. The Morgan fingerprint density at radius 3 is 2.50 bits per heavy atom. The molecule has 2 aromatic carbocycles. The fourth-order valence-electron chi connectivity index (χ4n) is 2.62. The molecule has 5 nitrogen and oxygen atoms in total. The van der Waals surface area contributed by atoms with Crippen LogP contribution in [-0.4, -0.2) is 22.7 Å². The van der Waals surface area contributed by atoms with Crippen molar-refractivity contribution in [1.82, 2.24) is 9.78 Å².